The van der Waals surface area contributed by atoms with E-state index in [0.29, 0.717) is 0 Å². The third-order valence-electron chi connectivity index (χ3n) is 2.46. The Kier molecular flexibility index (Phi) is 3.17. The molecule has 1 aromatic carbocycles. The lowest BCUT2D eigenvalue weighted by atomic mass is 10.0. The van der Waals surface area contributed by atoms with Crippen LogP contribution in [0.25, 0.3) is 11.1 Å². The molecule has 0 saturated heterocycles. The summed E-state index contributed by atoms with van der Waals surface area (Å²) in [5.41, 5.74) is 3.10. The zero-order valence-corrected chi connectivity index (χ0v) is 9.14. The molecule has 1 aromatic heterocycles. The van der Waals surface area contributed by atoms with Crippen molar-refractivity contribution in [3.8, 4) is 11.1 Å². The summed E-state index contributed by atoms with van der Waals surface area (Å²) in [6.07, 6.45) is 1.77. The van der Waals surface area contributed by atoms with Crippen LogP contribution in [0.15, 0.2) is 42.6 Å². The first-order valence-corrected chi connectivity index (χ1v) is 5.17. The molecule has 0 bridgehead atoms. The molecule has 1 heterocycles. The lowest BCUT2D eigenvalue weighted by Gasteiger charge is -2.05. The molecule has 82 valence electrons. The number of pyridine rings is 1. The molecule has 0 radical (unpaired) electrons. The molecule has 0 spiro atoms. The predicted octanol–water partition coefficient (Wildman–Crippen LogP) is 2.28. The second kappa shape index (κ2) is 4.77. The Hall–Kier alpha value is -1.87. The molecule has 0 aliphatic heterocycles. The number of aliphatic hydroxyl groups is 1. The van der Waals surface area contributed by atoms with E-state index in [4.69, 9.17) is 5.11 Å². The normalized spacial score (nSPS) is 10.1. The first-order chi connectivity index (χ1) is 7.83. The molecule has 16 heavy (non-hydrogen) atoms. The number of benzene rings is 1. The fraction of sp³-hybridized carbons (Fsp3) is 0.154. The summed E-state index contributed by atoms with van der Waals surface area (Å²) in [4.78, 5) is 4.17. The van der Waals surface area contributed by atoms with E-state index in [1.807, 2.05) is 43.4 Å². The Balaban J connectivity index is 2.41. The van der Waals surface area contributed by atoms with Crippen LogP contribution in [0.5, 0.6) is 0 Å². The Morgan fingerprint density at radius 2 is 2.00 bits per heavy atom. The predicted molar refractivity (Wildman–Crippen MR) is 65.1 cm³/mol. The lowest BCUT2D eigenvalue weighted by molar-refractivity contribution is 0.282. The Labute approximate surface area is 94.8 Å². The summed E-state index contributed by atoms with van der Waals surface area (Å²) in [5, 5.41) is 12.1. The smallest absolute Gasteiger partial charge is 0.126 e. The van der Waals surface area contributed by atoms with Gasteiger partial charge >= 0.3 is 0 Å². The lowest BCUT2D eigenvalue weighted by Crippen LogP contribution is -1.92. The highest BCUT2D eigenvalue weighted by atomic mass is 16.3. The maximum Gasteiger partial charge on any atom is 0.126 e. The van der Waals surface area contributed by atoms with E-state index in [1.165, 1.54) is 0 Å². The highest BCUT2D eigenvalue weighted by molar-refractivity contribution is 5.66. The van der Waals surface area contributed by atoms with Gasteiger partial charge in [0.2, 0.25) is 0 Å². The van der Waals surface area contributed by atoms with Crippen molar-refractivity contribution in [2.75, 3.05) is 12.4 Å². The highest BCUT2D eigenvalue weighted by Gasteiger charge is 2.00. The molecule has 0 amide bonds. The number of hydrogen-bond acceptors (Lipinski definition) is 3. The topological polar surface area (TPSA) is 45.1 Å². The molecule has 0 aliphatic rings. The number of nitrogens with one attached hydrogen (secondary N) is 1. The summed E-state index contributed by atoms with van der Waals surface area (Å²) in [5.74, 6) is 0.840. The third kappa shape index (κ3) is 2.20. The van der Waals surface area contributed by atoms with Gasteiger partial charge in [0.25, 0.3) is 0 Å². The van der Waals surface area contributed by atoms with E-state index in [0.717, 1.165) is 22.5 Å². The van der Waals surface area contributed by atoms with Crippen molar-refractivity contribution in [1.29, 1.82) is 0 Å². The molecular weight excluding hydrogens is 200 g/mol. The molecule has 3 heteroatoms. The van der Waals surface area contributed by atoms with Crippen LogP contribution in [0, 0.1) is 0 Å². The van der Waals surface area contributed by atoms with Crippen molar-refractivity contribution in [2.24, 2.45) is 0 Å². The molecule has 2 aromatic rings. The van der Waals surface area contributed by atoms with Gasteiger partial charge in [-0.25, -0.2) is 4.98 Å². The average molecular weight is 214 g/mol. The monoisotopic (exact) mass is 214 g/mol. The number of aromatic nitrogens is 1. The largest absolute Gasteiger partial charge is 0.392 e. The minimum Gasteiger partial charge on any atom is -0.392 e. The van der Waals surface area contributed by atoms with Crippen LogP contribution >= 0.6 is 0 Å². The number of rotatable bonds is 3. The molecule has 0 fully saturated rings. The van der Waals surface area contributed by atoms with Crippen molar-refractivity contribution in [1.82, 2.24) is 4.98 Å². The van der Waals surface area contributed by atoms with E-state index in [9.17, 15) is 0 Å². The summed E-state index contributed by atoms with van der Waals surface area (Å²) in [6.45, 7) is 0.0673. The Morgan fingerprint density at radius 1 is 1.19 bits per heavy atom. The quantitative estimate of drug-likeness (QED) is 0.824. The van der Waals surface area contributed by atoms with E-state index < -0.39 is 0 Å². The SMILES string of the molecule is CNc1cc(-c2cccc(CO)c2)ccn1. The number of aliphatic hydroxyl groups excluding tert-OH is 1. The molecule has 3 nitrogen and oxygen atoms in total. The van der Waals surface area contributed by atoms with Crippen LogP contribution in [-0.2, 0) is 6.61 Å². The van der Waals surface area contributed by atoms with Crippen molar-refractivity contribution >= 4 is 5.82 Å². The summed E-state index contributed by atoms with van der Waals surface area (Å²) < 4.78 is 0. The van der Waals surface area contributed by atoms with Crippen LogP contribution in [0.1, 0.15) is 5.56 Å². The van der Waals surface area contributed by atoms with Gasteiger partial charge in [0.1, 0.15) is 5.82 Å². The summed E-state index contributed by atoms with van der Waals surface area (Å²) in [6, 6.07) is 11.8. The van der Waals surface area contributed by atoms with Crippen LogP contribution in [-0.4, -0.2) is 17.1 Å². The summed E-state index contributed by atoms with van der Waals surface area (Å²) >= 11 is 0. The second-order valence-corrected chi connectivity index (χ2v) is 3.54. The number of hydrogen-bond donors (Lipinski definition) is 2. The summed E-state index contributed by atoms with van der Waals surface area (Å²) in [7, 11) is 1.84. The van der Waals surface area contributed by atoms with E-state index in [2.05, 4.69) is 10.3 Å². The van der Waals surface area contributed by atoms with E-state index in [-0.39, 0.29) is 6.61 Å². The standard InChI is InChI=1S/C13H14N2O/c1-14-13-8-12(5-6-15-13)11-4-2-3-10(7-11)9-16/h2-8,16H,9H2,1H3,(H,14,15). The molecule has 0 saturated carbocycles. The minimum absolute atomic E-state index is 0.0673. The minimum atomic E-state index is 0.0673. The maximum absolute atomic E-state index is 9.09. The van der Waals surface area contributed by atoms with Gasteiger partial charge in [-0.3, -0.25) is 0 Å². The first-order valence-electron chi connectivity index (χ1n) is 5.17. The first kappa shape index (κ1) is 10.6. The van der Waals surface area contributed by atoms with Crippen molar-refractivity contribution in [3.63, 3.8) is 0 Å². The van der Waals surface area contributed by atoms with Gasteiger partial charge in [0.15, 0.2) is 0 Å². The third-order valence-corrected chi connectivity index (χ3v) is 2.46. The van der Waals surface area contributed by atoms with E-state index >= 15 is 0 Å². The van der Waals surface area contributed by atoms with Gasteiger partial charge in [0, 0.05) is 13.2 Å². The van der Waals surface area contributed by atoms with Crippen LogP contribution in [0.3, 0.4) is 0 Å². The highest BCUT2D eigenvalue weighted by Crippen LogP contribution is 2.22. The Morgan fingerprint density at radius 3 is 2.75 bits per heavy atom. The number of nitrogens with zero attached hydrogens (tertiary/aromatic N) is 1. The van der Waals surface area contributed by atoms with Crippen LogP contribution in [0.2, 0.25) is 0 Å². The van der Waals surface area contributed by atoms with Gasteiger partial charge < -0.3 is 10.4 Å². The molecular formula is C13H14N2O. The fourth-order valence-electron chi connectivity index (χ4n) is 1.60. The van der Waals surface area contributed by atoms with Crippen LogP contribution in [0.4, 0.5) is 5.82 Å². The average Bonchev–Trinajstić information content (AvgIpc) is 2.39. The zero-order valence-electron chi connectivity index (χ0n) is 9.14. The van der Waals surface area contributed by atoms with Gasteiger partial charge in [-0.2, -0.15) is 0 Å². The van der Waals surface area contributed by atoms with Crippen LogP contribution < -0.4 is 5.32 Å². The van der Waals surface area contributed by atoms with Gasteiger partial charge in [-0.05, 0) is 34.9 Å². The molecule has 0 aliphatic carbocycles. The molecule has 0 unspecified atom stereocenters. The number of anilines is 1. The fourth-order valence-corrected chi connectivity index (χ4v) is 1.60. The van der Waals surface area contributed by atoms with Crippen molar-refractivity contribution in [3.05, 3.63) is 48.2 Å². The zero-order chi connectivity index (χ0) is 11.4. The van der Waals surface area contributed by atoms with Crippen molar-refractivity contribution in [2.45, 2.75) is 6.61 Å². The molecule has 0 atom stereocenters. The maximum atomic E-state index is 9.09. The van der Waals surface area contributed by atoms with E-state index in [1.54, 1.807) is 6.20 Å². The Bertz CT molecular complexity index is 437. The van der Waals surface area contributed by atoms with Gasteiger partial charge in [-0.15, -0.1) is 0 Å². The van der Waals surface area contributed by atoms with Gasteiger partial charge in [-0.1, -0.05) is 18.2 Å². The van der Waals surface area contributed by atoms with Gasteiger partial charge in [0.05, 0.1) is 6.61 Å². The molecule has 2 N–H and O–H groups in total. The van der Waals surface area contributed by atoms with Crippen molar-refractivity contribution < 1.29 is 5.11 Å². The molecule has 2 rings (SSSR count). The second-order valence-electron chi connectivity index (χ2n) is 3.54.